The van der Waals surface area contributed by atoms with Gasteiger partial charge in [0.2, 0.25) is 0 Å². The van der Waals surface area contributed by atoms with E-state index in [0.717, 1.165) is 0 Å². The Labute approximate surface area is 77.3 Å². The van der Waals surface area contributed by atoms with Crippen molar-refractivity contribution in [3.05, 3.63) is 21.9 Å². The molecule has 1 heterocycles. The minimum absolute atomic E-state index is 0.225. The Morgan fingerprint density at radius 1 is 1.45 bits per heavy atom. The van der Waals surface area contributed by atoms with E-state index in [9.17, 15) is 0 Å². The summed E-state index contributed by atoms with van der Waals surface area (Å²) in [4.78, 5) is 3.78. The molecule has 0 radical (unpaired) electrons. The van der Waals surface area contributed by atoms with Crippen LogP contribution in [0.4, 0.5) is 0 Å². The van der Waals surface area contributed by atoms with E-state index in [-0.39, 0.29) is 5.15 Å². The van der Waals surface area contributed by atoms with E-state index in [1.165, 1.54) is 12.1 Å². The highest BCUT2D eigenvalue weighted by Gasteiger charge is 2.12. The van der Waals surface area contributed by atoms with Gasteiger partial charge < -0.3 is 10.0 Å². The first-order valence-electron chi connectivity index (χ1n) is 2.78. The van der Waals surface area contributed by atoms with Gasteiger partial charge in [-0.1, -0.05) is 11.6 Å². The quantitative estimate of drug-likeness (QED) is 0.540. The minimum Gasteiger partial charge on any atom is -0.423 e. The van der Waals surface area contributed by atoms with Gasteiger partial charge in [0.15, 0.2) is 0 Å². The molecule has 0 spiro atoms. The SMILES string of the molecule is OB(O)c1cc(Cl)nc(Br)c1. The highest BCUT2D eigenvalue weighted by atomic mass is 79.9. The molecular weight excluding hydrogens is 232 g/mol. The van der Waals surface area contributed by atoms with Crippen LogP contribution in [0.2, 0.25) is 5.15 Å². The number of halogens is 2. The van der Waals surface area contributed by atoms with Crippen molar-refractivity contribution in [2.75, 3.05) is 0 Å². The van der Waals surface area contributed by atoms with Gasteiger partial charge in [0.1, 0.15) is 9.76 Å². The average Bonchev–Trinajstić information content (AvgIpc) is 1.85. The maximum Gasteiger partial charge on any atom is 0.488 e. The monoisotopic (exact) mass is 235 g/mol. The van der Waals surface area contributed by atoms with Crippen LogP contribution in [0.5, 0.6) is 0 Å². The fraction of sp³-hybridized carbons (Fsp3) is 0. The van der Waals surface area contributed by atoms with Crippen LogP contribution in [-0.4, -0.2) is 22.2 Å². The molecule has 0 aliphatic carbocycles. The summed E-state index contributed by atoms with van der Waals surface area (Å²) < 4.78 is 0.480. The lowest BCUT2D eigenvalue weighted by molar-refractivity contribution is 0.425. The summed E-state index contributed by atoms with van der Waals surface area (Å²) in [5, 5.41) is 17.7. The molecule has 1 aromatic heterocycles. The normalized spacial score (nSPS) is 9.82. The van der Waals surface area contributed by atoms with Crippen molar-refractivity contribution < 1.29 is 10.0 Å². The summed E-state index contributed by atoms with van der Waals surface area (Å²) in [6.07, 6.45) is 0. The van der Waals surface area contributed by atoms with E-state index >= 15 is 0 Å². The summed E-state index contributed by atoms with van der Waals surface area (Å²) in [5.74, 6) is 0. The summed E-state index contributed by atoms with van der Waals surface area (Å²) in [5.41, 5.74) is 0.317. The van der Waals surface area contributed by atoms with Gasteiger partial charge in [-0.3, -0.25) is 0 Å². The molecule has 1 rings (SSSR count). The fourth-order valence-corrected chi connectivity index (χ4v) is 1.41. The molecule has 0 aliphatic heterocycles. The summed E-state index contributed by atoms with van der Waals surface area (Å²) >= 11 is 8.59. The van der Waals surface area contributed by atoms with Gasteiger partial charge in [0, 0.05) is 0 Å². The maximum absolute atomic E-state index is 8.72. The van der Waals surface area contributed by atoms with Gasteiger partial charge in [-0.05, 0) is 33.5 Å². The van der Waals surface area contributed by atoms with Crippen LogP contribution in [0.25, 0.3) is 0 Å². The van der Waals surface area contributed by atoms with Crippen molar-refractivity contribution in [2.24, 2.45) is 0 Å². The molecule has 11 heavy (non-hydrogen) atoms. The lowest BCUT2D eigenvalue weighted by atomic mass is 9.81. The van der Waals surface area contributed by atoms with Crippen LogP contribution in [0, 0.1) is 0 Å². The van der Waals surface area contributed by atoms with Crippen LogP contribution >= 0.6 is 27.5 Å². The second kappa shape index (κ2) is 3.54. The third-order valence-electron chi connectivity index (χ3n) is 1.08. The highest BCUT2D eigenvalue weighted by molar-refractivity contribution is 9.10. The molecule has 0 aromatic carbocycles. The van der Waals surface area contributed by atoms with Gasteiger partial charge in [-0.2, -0.15) is 0 Å². The van der Waals surface area contributed by atoms with Crippen molar-refractivity contribution in [3.63, 3.8) is 0 Å². The predicted octanol–water partition coefficient (Wildman–Crippen LogP) is 0.177. The highest BCUT2D eigenvalue weighted by Crippen LogP contribution is 2.08. The molecule has 1 aromatic rings. The third kappa shape index (κ3) is 2.45. The Morgan fingerprint density at radius 2 is 2.09 bits per heavy atom. The fourth-order valence-electron chi connectivity index (χ4n) is 0.632. The summed E-state index contributed by atoms with van der Waals surface area (Å²) in [6, 6.07) is 2.87. The summed E-state index contributed by atoms with van der Waals surface area (Å²) in [6.45, 7) is 0. The molecule has 0 bridgehead atoms. The van der Waals surface area contributed by atoms with Crippen LogP contribution in [0.1, 0.15) is 0 Å². The Morgan fingerprint density at radius 3 is 2.55 bits per heavy atom. The molecule has 0 fully saturated rings. The largest absolute Gasteiger partial charge is 0.488 e. The molecular formula is C5H4BBrClNO2. The number of hydrogen-bond acceptors (Lipinski definition) is 3. The zero-order valence-corrected chi connectivity index (χ0v) is 7.67. The number of hydrogen-bond donors (Lipinski definition) is 2. The van der Waals surface area contributed by atoms with E-state index in [1.807, 2.05) is 0 Å². The number of nitrogens with zero attached hydrogens (tertiary/aromatic N) is 1. The van der Waals surface area contributed by atoms with E-state index < -0.39 is 7.12 Å². The number of rotatable bonds is 1. The lowest BCUT2D eigenvalue weighted by Crippen LogP contribution is -2.29. The molecule has 2 N–H and O–H groups in total. The molecule has 0 saturated carbocycles. The van der Waals surface area contributed by atoms with Gasteiger partial charge >= 0.3 is 7.12 Å². The zero-order chi connectivity index (χ0) is 8.43. The van der Waals surface area contributed by atoms with Crippen molar-refractivity contribution in [1.82, 2.24) is 4.98 Å². The van der Waals surface area contributed by atoms with Crippen molar-refractivity contribution in [1.29, 1.82) is 0 Å². The molecule has 0 saturated heterocycles. The van der Waals surface area contributed by atoms with Gasteiger partial charge in [0.25, 0.3) is 0 Å². The van der Waals surface area contributed by atoms with Crippen LogP contribution < -0.4 is 5.46 Å². The molecule has 0 amide bonds. The van der Waals surface area contributed by atoms with Crippen molar-refractivity contribution in [2.45, 2.75) is 0 Å². The Hall–Kier alpha value is -0.0951. The number of pyridine rings is 1. The third-order valence-corrected chi connectivity index (χ3v) is 1.68. The lowest BCUT2D eigenvalue weighted by Gasteiger charge is -1.99. The van der Waals surface area contributed by atoms with Crippen LogP contribution in [0.15, 0.2) is 16.7 Å². The standard InChI is InChI=1S/C5H4BBrClNO2/c7-4-1-3(6(10)11)2-5(8)9-4/h1-2,10-11H. The van der Waals surface area contributed by atoms with E-state index in [4.69, 9.17) is 21.6 Å². The maximum atomic E-state index is 8.72. The van der Waals surface area contributed by atoms with E-state index in [1.54, 1.807) is 0 Å². The van der Waals surface area contributed by atoms with Gasteiger partial charge in [-0.15, -0.1) is 0 Å². The topological polar surface area (TPSA) is 53.4 Å². The molecule has 3 nitrogen and oxygen atoms in total. The minimum atomic E-state index is -1.51. The van der Waals surface area contributed by atoms with E-state index in [2.05, 4.69) is 20.9 Å². The summed E-state index contributed by atoms with van der Waals surface area (Å²) in [7, 11) is -1.51. The second-order valence-electron chi connectivity index (χ2n) is 1.92. The van der Waals surface area contributed by atoms with Gasteiger partial charge in [-0.25, -0.2) is 4.98 Å². The molecule has 58 valence electrons. The van der Waals surface area contributed by atoms with Crippen LogP contribution in [-0.2, 0) is 0 Å². The van der Waals surface area contributed by atoms with Gasteiger partial charge in [0.05, 0.1) is 0 Å². The van der Waals surface area contributed by atoms with E-state index in [0.29, 0.717) is 10.1 Å². The predicted molar refractivity (Wildman–Crippen MR) is 46.8 cm³/mol. The average molecular weight is 236 g/mol. The first-order valence-corrected chi connectivity index (χ1v) is 3.96. The Balaban J connectivity index is 3.08. The molecule has 0 atom stereocenters. The smallest absolute Gasteiger partial charge is 0.423 e. The van der Waals surface area contributed by atoms with Crippen LogP contribution in [0.3, 0.4) is 0 Å². The number of aromatic nitrogens is 1. The van der Waals surface area contributed by atoms with Crippen molar-refractivity contribution in [3.8, 4) is 0 Å². The Kier molecular flexibility index (Phi) is 2.89. The molecule has 0 unspecified atom stereocenters. The second-order valence-corrected chi connectivity index (χ2v) is 3.12. The first-order chi connectivity index (χ1) is 5.09. The molecule has 6 heteroatoms. The first kappa shape index (κ1) is 9.00. The Bertz CT molecular complexity index is 250. The zero-order valence-electron chi connectivity index (χ0n) is 5.33. The molecule has 0 aliphatic rings. The van der Waals surface area contributed by atoms with Crippen molar-refractivity contribution >= 4 is 40.1 Å².